The molecule has 2 N–H and O–H groups in total. The molecule has 0 heterocycles. The Balaban J connectivity index is 1.76. The second-order valence-electron chi connectivity index (χ2n) is 5.28. The van der Waals surface area contributed by atoms with Crippen molar-refractivity contribution < 1.29 is 23.9 Å². The predicted molar refractivity (Wildman–Crippen MR) is 96.1 cm³/mol. The molecule has 2 aromatic carbocycles. The number of carbonyl (C=O) groups excluding carboxylic acids is 3. The molecule has 0 aliphatic carbocycles. The third kappa shape index (κ3) is 5.86. The molecule has 0 aliphatic heterocycles. The third-order valence-corrected chi connectivity index (χ3v) is 3.43. The molecule has 0 unspecified atom stereocenters. The normalized spacial score (nSPS) is 9.63. The van der Waals surface area contributed by atoms with Crippen molar-refractivity contribution >= 4 is 23.5 Å². The van der Waals surface area contributed by atoms with Crippen LogP contribution in [0.4, 0.5) is 5.69 Å². The molecular weight excluding hydrogens is 350 g/mol. The fraction of sp³-hybridized carbons (Fsp3) is 0.158. The van der Waals surface area contributed by atoms with Crippen LogP contribution in [0, 0.1) is 11.3 Å². The minimum atomic E-state index is -0.763. The van der Waals surface area contributed by atoms with Gasteiger partial charge in [-0.15, -0.1) is 0 Å². The summed E-state index contributed by atoms with van der Waals surface area (Å²) in [5, 5.41) is 13.8. The van der Waals surface area contributed by atoms with E-state index in [0.717, 1.165) is 0 Å². The molecule has 0 aromatic heterocycles. The Morgan fingerprint density at radius 3 is 2.44 bits per heavy atom. The zero-order valence-electron chi connectivity index (χ0n) is 14.5. The maximum atomic E-state index is 11.9. The minimum Gasteiger partial charge on any atom is -0.497 e. The van der Waals surface area contributed by atoms with Crippen LogP contribution < -0.4 is 15.4 Å². The number of benzene rings is 2. The number of hydrogen-bond donors (Lipinski definition) is 2. The minimum absolute atomic E-state index is 0.295. The monoisotopic (exact) mass is 367 g/mol. The molecule has 0 fully saturated rings. The van der Waals surface area contributed by atoms with Crippen molar-refractivity contribution in [3.63, 3.8) is 0 Å². The summed E-state index contributed by atoms with van der Waals surface area (Å²) in [5.74, 6) is -1.20. The summed E-state index contributed by atoms with van der Waals surface area (Å²) in [6.07, 6.45) is 0. The van der Waals surface area contributed by atoms with Gasteiger partial charge in [0.1, 0.15) is 18.4 Å². The van der Waals surface area contributed by atoms with Crippen molar-refractivity contribution in [3.8, 4) is 11.8 Å². The summed E-state index contributed by atoms with van der Waals surface area (Å²) < 4.78 is 9.80. The third-order valence-electron chi connectivity index (χ3n) is 3.43. The standard InChI is InChI=1S/C19H17N3O5/c1-26-15-8-6-13(7-9-15)19(25)21-11-18(24)27-12-17(23)22-16-5-3-2-4-14(16)10-20/h2-9H,11-12H2,1H3,(H,21,25)(H,22,23). The Morgan fingerprint density at radius 1 is 1.07 bits per heavy atom. The maximum Gasteiger partial charge on any atom is 0.325 e. The molecule has 2 amide bonds. The number of ether oxygens (including phenoxy) is 2. The SMILES string of the molecule is COc1ccc(C(=O)NCC(=O)OCC(=O)Nc2ccccc2C#N)cc1. The molecule has 0 aliphatic rings. The number of nitriles is 1. The van der Waals surface area contributed by atoms with Crippen molar-refractivity contribution in [2.45, 2.75) is 0 Å². The number of hydrogen-bond acceptors (Lipinski definition) is 6. The van der Waals surface area contributed by atoms with Crippen LogP contribution in [0.1, 0.15) is 15.9 Å². The van der Waals surface area contributed by atoms with E-state index in [2.05, 4.69) is 10.6 Å². The number of para-hydroxylation sites is 1. The Hall–Kier alpha value is -3.86. The Labute approximate surface area is 155 Å². The highest BCUT2D eigenvalue weighted by atomic mass is 16.5. The second kappa shape index (κ2) is 9.58. The van der Waals surface area contributed by atoms with Crippen LogP contribution in [0.25, 0.3) is 0 Å². The summed E-state index contributed by atoms with van der Waals surface area (Å²) in [6.45, 7) is -0.913. The van der Waals surface area contributed by atoms with Gasteiger partial charge in [0.15, 0.2) is 6.61 Å². The molecule has 27 heavy (non-hydrogen) atoms. The van der Waals surface area contributed by atoms with Gasteiger partial charge in [-0.05, 0) is 36.4 Å². The number of anilines is 1. The number of nitrogens with one attached hydrogen (secondary N) is 2. The summed E-state index contributed by atoms with van der Waals surface area (Å²) in [6, 6.07) is 14.7. The molecule has 0 saturated heterocycles. The van der Waals surface area contributed by atoms with Gasteiger partial charge < -0.3 is 20.1 Å². The van der Waals surface area contributed by atoms with Gasteiger partial charge in [0.25, 0.3) is 11.8 Å². The highest BCUT2D eigenvalue weighted by Gasteiger charge is 2.12. The van der Waals surface area contributed by atoms with Crippen LogP contribution in [0.2, 0.25) is 0 Å². The average molecular weight is 367 g/mol. The van der Waals surface area contributed by atoms with Crippen LogP contribution in [0.15, 0.2) is 48.5 Å². The van der Waals surface area contributed by atoms with Crippen molar-refractivity contribution in [2.75, 3.05) is 25.6 Å². The first-order valence-corrected chi connectivity index (χ1v) is 7.90. The van der Waals surface area contributed by atoms with Gasteiger partial charge >= 0.3 is 5.97 Å². The molecule has 138 valence electrons. The van der Waals surface area contributed by atoms with E-state index in [4.69, 9.17) is 14.7 Å². The topological polar surface area (TPSA) is 118 Å². The van der Waals surface area contributed by atoms with Gasteiger partial charge in [0.05, 0.1) is 18.4 Å². The van der Waals surface area contributed by atoms with Gasteiger partial charge in [-0.25, -0.2) is 0 Å². The number of methoxy groups -OCH3 is 1. The fourth-order valence-corrected chi connectivity index (χ4v) is 2.07. The van der Waals surface area contributed by atoms with E-state index in [-0.39, 0.29) is 6.54 Å². The lowest BCUT2D eigenvalue weighted by atomic mass is 10.2. The molecule has 2 aromatic rings. The smallest absolute Gasteiger partial charge is 0.325 e. The summed E-state index contributed by atoms with van der Waals surface area (Å²) >= 11 is 0. The maximum absolute atomic E-state index is 11.9. The molecule has 2 rings (SSSR count). The lowest BCUT2D eigenvalue weighted by molar-refractivity contribution is -0.146. The molecular formula is C19H17N3O5. The average Bonchev–Trinajstić information content (AvgIpc) is 2.71. The predicted octanol–water partition coefficient (Wildman–Crippen LogP) is 1.48. The van der Waals surface area contributed by atoms with Crippen molar-refractivity contribution in [2.24, 2.45) is 0 Å². The molecule has 8 heteroatoms. The van der Waals surface area contributed by atoms with Crippen LogP contribution >= 0.6 is 0 Å². The molecule has 8 nitrogen and oxygen atoms in total. The number of carbonyl (C=O) groups is 3. The Kier molecular flexibility index (Phi) is 6.91. The highest BCUT2D eigenvalue weighted by Crippen LogP contribution is 2.13. The van der Waals surface area contributed by atoms with Gasteiger partial charge in [0.2, 0.25) is 0 Å². The number of esters is 1. The Morgan fingerprint density at radius 2 is 1.78 bits per heavy atom. The first kappa shape index (κ1) is 19.5. The molecule has 0 bridgehead atoms. The van der Waals surface area contributed by atoms with Gasteiger partial charge in [-0.2, -0.15) is 5.26 Å². The molecule has 0 atom stereocenters. The van der Waals surface area contributed by atoms with Gasteiger partial charge in [0, 0.05) is 5.56 Å². The number of amides is 2. The van der Waals surface area contributed by atoms with E-state index in [1.54, 1.807) is 48.5 Å². The molecule has 0 radical (unpaired) electrons. The second-order valence-corrected chi connectivity index (χ2v) is 5.28. The quantitative estimate of drug-likeness (QED) is 0.716. The van der Waals surface area contributed by atoms with Crippen molar-refractivity contribution in [1.29, 1.82) is 5.26 Å². The van der Waals surface area contributed by atoms with Gasteiger partial charge in [-0.1, -0.05) is 12.1 Å². The van der Waals surface area contributed by atoms with Crippen molar-refractivity contribution in [3.05, 3.63) is 59.7 Å². The largest absolute Gasteiger partial charge is 0.497 e. The summed E-state index contributed by atoms with van der Waals surface area (Å²) in [5.41, 5.74) is 0.979. The van der Waals surface area contributed by atoms with E-state index in [1.807, 2.05) is 6.07 Å². The van der Waals surface area contributed by atoms with Crippen LogP contribution in [0.5, 0.6) is 5.75 Å². The van der Waals surface area contributed by atoms with Crippen LogP contribution in [-0.4, -0.2) is 38.0 Å². The van der Waals surface area contributed by atoms with E-state index in [0.29, 0.717) is 22.6 Å². The fourth-order valence-electron chi connectivity index (χ4n) is 2.07. The van der Waals surface area contributed by atoms with E-state index in [1.165, 1.54) is 7.11 Å². The lowest BCUT2D eigenvalue weighted by Gasteiger charge is -2.08. The number of nitrogens with zero attached hydrogens (tertiary/aromatic N) is 1. The summed E-state index contributed by atoms with van der Waals surface area (Å²) in [4.78, 5) is 35.4. The molecule has 0 spiro atoms. The van der Waals surface area contributed by atoms with Gasteiger partial charge in [-0.3, -0.25) is 14.4 Å². The van der Waals surface area contributed by atoms with Crippen LogP contribution in [0.3, 0.4) is 0 Å². The van der Waals surface area contributed by atoms with Crippen molar-refractivity contribution in [1.82, 2.24) is 5.32 Å². The van der Waals surface area contributed by atoms with E-state index in [9.17, 15) is 14.4 Å². The lowest BCUT2D eigenvalue weighted by Crippen LogP contribution is -2.32. The Bertz CT molecular complexity index is 872. The molecule has 0 saturated carbocycles. The highest BCUT2D eigenvalue weighted by molar-refractivity contribution is 5.97. The summed E-state index contributed by atoms with van der Waals surface area (Å²) in [7, 11) is 1.51. The van der Waals surface area contributed by atoms with E-state index < -0.39 is 24.4 Å². The number of rotatable bonds is 7. The first-order valence-electron chi connectivity index (χ1n) is 7.90. The van der Waals surface area contributed by atoms with Crippen LogP contribution in [-0.2, 0) is 14.3 Å². The zero-order chi connectivity index (χ0) is 19.6. The first-order chi connectivity index (χ1) is 13.0. The zero-order valence-corrected chi connectivity index (χ0v) is 14.5. The van der Waals surface area contributed by atoms with E-state index >= 15 is 0 Å².